The average Bonchev–Trinajstić information content (AvgIpc) is 2.15. The van der Waals surface area contributed by atoms with E-state index in [2.05, 4.69) is 11.8 Å². The maximum absolute atomic E-state index is 5.46. The predicted molar refractivity (Wildman–Crippen MR) is 35.2 cm³/mol. The number of hydrogen-bond donors (Lipinski definition) is 0. The monoisotopic (exact) mass is 130 g/mol. The second-order valence-electron chi connectivity index (χ2n) is 2.40. The highest BCUT2D eigenvalue weighted by Gasteiger charge is 2.32. The third kappa shape index (κ3) is 0.669. The molecule has 0 aliphatic carbocycles. The topological polar surface area (TPSA) is 9.23 Å². The van der Waals surface area contributed by atoms with Crippen LogP contribution in [-0.2, 0) is 4.74 Å². The number of fused-ring (bicyclic) bond motifs is 1. The average molecular weight is 130 g/mol. The van der Waals surface area contributed by atoms with E-state index in [0.717, 1.165) is 11.9 Å². The number of thioether (sulfide) groups is 1. The Bertz CT molecular complexity index is 74.5. The fourth-order valence-corrected chi connectivity index (χ4v) is 2.79. The molecule has 2 fully saturated rings. The van der Waals surface area contributed by atoms with Gasteiger partial charge in [-0.2, -0.15) is 11.8 Å². The van der Waals surface area contributed by atoms with E-state index in [9.17, 15) is 0 Å². The summed E-state index contributed by atoms with van der Waals surface area (Å²) in [5.74, 6) is 1.33. The van der Waals surface area contributed by atoms with Crippen molar-refractivity contribution in [3.8, 4) is 0 Å². The van der Waals surface area contributed by atoms with Gasteiger partial charge in [0.1, 0.15) is 0 Å². The Morgan fingerprint density at radius 3 is 3.25 bits per heavy atom. The van der Waals surface area contributed by atoms with Crippen LogP contribution in [-0.4, -0.2) is 23.7 Å². The van der Waals surface area contributed by atoms with Crippen molar-refractivity contribution in [3.63, 3.8) is 0 Å². The van der Waals surface area contributed by atoms with Crippen molar-refractivity contribution in [2.45, 2.75) is 24.2 Å². The van der Waals surface area contributed by atoms with Crippen LogP contribution in [0.1, 0.15) is 12.8 Å². The molecule has 2 aliphatic heterocycles. The summed E-state index contributed by atoms with van der Waals surface area (Å²) in [4.78, 5) is 0. The molecule has 8 heavy (non-hydrogen) atoms. The lowest BCUT2D eigenvalue weighted by Gasteiger charge is -2.03. The Labute approximate surface area is 53.8 Å². The van der Waals surface area contributed by atoms with E-state index in [1.54, 1.807) is 0 Å². The Balaban J connectivity index is 2.04. The van der Waals surface area contributed by atoms with E-state index in [0.29, 0.717) is 6.10 Å². The first kappa shape index (κ1) is 5.12. The molecule has 0 aromatic carbocycles. The molecule has 0 N–H and O–H groups in total. The zero-order valence-corrected chi connectivity index (χ0v) is 5.62. The summed E-state index contributed by atoms with van der Waals surface area (Å²) in [7, 11) is 0. The quantitative estimate of drug-likeness (QED) is 0.488. The first-order valence-electron chi connectivity index (χ1n) is 3.20. The molecule has 0 aromatic heterocycles. The van der Waals surface area contributed by atoms with Gasteiger partial charge in [-0.1, -0.05) is 0 Å². The van der Waals surface area contributed by atoms with Gasteiger partial charge >= 0.3 is 0 Å². The van der Waals surface area contributed by atoms with E-state index >= 15 is 0 Å². The van der Waals surface area contributed by atoms with Gasteiger partial charge < -0.3 is 4.74 Å². The fourth-order valence-electron chi connectivity index (χ4n) is 1.42. The molecular formula is C6H10OS. The van der Waals surface area contributed by atoms with Crippen LogP contribution in [0.3, 0.4) is 0 Å². The van der Waals surface area contributed by atoms with Gasteiger partial charge in [-0.15, -0.1) is 0 Å². The Kier molecular flexibility index (Phi) is 1.23. The molecule has 2 aliphatic rings. The van der Waals surface area contributed by atoms with Crippen LogP contribution in [0.2, 0.25) is 0 Å². The molecule has 2 atom stereocenters. The highest BCUT2D eigenvalue weighted by atomic mass is 32.2. The molecule has 2 saturated heterocycles. The molecule has 46 valence electrons. The maximum Gasteiger partial charge on any atom is 0.0702 e. The zero-order chi connectivity index (χ0) is 5.40. The van der Waals surface area contributed by atoms with Crippen LogP contribution in [0.5, 0.6) is 0 Å². The molecular weight excluding hydrogens is 120 g/mol. The van der Waals surface area contributed by atoms with Crippen LogP contribution in [0.25, 0.3) is 0 Å². The van der Waals surface area contributed by atoms with Crippen LogP contribution in [0.4, 0.5) is 0 Å². The summed E-state index contributed by atoms with van der Waals surface area (Å²) in [6.45, 7) is 1.02. The Hall–Kier alpha value is 0.310. The van der Waals surface area contributed by atoms with Crippen LogP contribution in [0, 0.1) is 0 Å². The molecule has 2 heterocycles. The third-order valence-corrected chi connectivity index (χ3v) is 3.32. The van der Waals surface area contributed by atoms with Crippen molar-refractivity contribution in [1.82, 2.24) is 0 Å². The van der Waals surface area contributed by atoms with E-state index in [1.165, 1.54) is 18.6 Å². The smallest absolute Gasteiger partial charge is 0.0702 e. The van der Waals surface area contributed by atoms with Crippen LogP contribution < -0.4 is 0 Å². The van der Waals surface area contributed by atoms with Crippen molar-refractivity contribution in [2.24, 2.45) is 0 Å². The zero-order valence-electron chi connectivity index (χ0n) is 4.80. The van der Waals surface area contributed by atoms with E-state index < -0.39 is 0 Å². The highest BCUT2D eigenvalue weighted by Crippen LogP contribution is 2.35. The van der Waals surface area contributed by atoms with Crippen molar-refractivity contribution >= 4 is 11.8 Å². The summed E-state index contributed by atoms with van der Waals surface area (Å²) < 4.78 is 5.46. The van der Waals surface area contributed by atoms with Crippen molar-refractivity contribution < 1.29 is 4.74 Å². The molecule has 0 saturated carbocycles. The normalized spacial score (nSPS) is 45.0. The molecule has 0 radical (unpaired) electrons. The van der Waals surface area contributed by atoms with Gasteiger partial charge in [-0.3, -0.25) is 0 Å². The van der Waals surface area contributed by atoms with Gasteiger partial charge in [0.2, 0.25) is 0 Å². The number of rotatable bonds is 0. The first-order valence-corrected chi connectivity index (χ1v) is 4.25. The Morgan fingerprint density at radius 1 is 1.38 bits per heavy atom. The summed E-state index contributed by atoms with van der Waals surface area (Å²) in [6, 6.07) is 0. The van der Waals surface area contributed by atoms with E-state index in [4.69, 9.17) is 4.74 Å². The van der Waals surface area contributed by atoms with Gasteiger partial charge in [-0.05, 0) is 18.6 Å². The lowest BCUT2D eigenvalue weighted by molar-refractivity contribution is 0.114. The summed E-state index contributed by atoms with van der Waals surface area (Å²) >= 11 is 2.09. The maximum atomic E-state index is 5.46. The highest BCUT2D eigenvalue weighted by molar-refractivity contribution is 8.00. The molecule has 2 rings (SSSR count). The molecule has 0 bridgehead atoms. The lowest BCUT2D eigenvalue weighted by Crippen LogP contribution is -2.09. The van der Waals surface area contributed by atoms with Crippen molar-refractivity contribution in [3.05, 3.63) is 0 Å². The van der Waals surface area contributed by atoms with Gasteiger partial charge in [-0.25, -0.2) is 0 Å². The summed E-state index contributed by atoms with van der Waals surface area (Å²) in [6.07, 6.45) is 3.24. The van der Waals surface area contributed by atoms with Gasteiger partial charge in [0.05, 0.1) is 6.10 Å². The van der Waals surface area contributed by atoms with Crippen molar-refractivity contribution in [2.75, 3.05) is 12.4 Å². The van der Waals surface area contributed by atoms with Gasteiger partial charge in [0, 0.05) is 11.9 Å². The van der Waals surface area contributed by atoms with Gasteiger partial charge in [0.15, 0.2) is 0 Å². The first-order chi connectivity index (χ1) is 3.97. The van der Waals surface area contributed by atoms with E-state index in [-0.39, 0.29) is 0 Å². The summed E-state index contributed by atoms with van der Waals surface area (Å²) in [5, 5.41) is 0.870. The lowest BCUT2D eigenvalue weighted by atomic mass is 10.2. The number of ether oxygens (including phenoxy) is 1. The molecule has 1 nitrogen and oxygen atoms in total. The van der Waals surface area contributed by atoms with E-state index in [1.807, 2.05) is 0 Å². The largest absolute Gasteiger partial charge is 0.377 e. The van der Waals surface area contributed by atoms with Crippen LogP contribution in [0.15, 0.2) is 0 Å². The van der Waals surface area contributed by atoms with Gasteiger partial charge in [0.25, 0.3) is 0 Å². The predicted octanol–water partition coefficient (Wildman–Crippen LogP) is 1.28. The minimum absolute atomic E-state index is 0.639. The molecule has 2 heteroatoms. The molecule has 2 unspecified atom stereocenters. The molecule has 0 amide bonds. The van der Waals surface area contributed by atoms with Crippen molar-refractivity contribution in [1.29, 1.82) is 0 Å². The Morgan fingerprint density at radius 2 is 2.38 bits per heavy atom. The fraction of sp³-hybridized carbons (Fsp3) is 1.00. The van der Waals surface area contributed by atoms with Crippen LogP contribution >= 0.6 is 11.8 Å². The number of hydrogen-bond acceptors (Lipinski definition) is 2. The SMILES string of the molecule is C1CC2SCCC2O1. The minimum Gasteiger partial charge on any atom is -0.377 e. The molecule has 0 aromatic rings. The molecule has 0 spiro atoms. The standard InChI is InChI=1S/C6H10OS/c1-3-7-5-2-4-8-6(1)5/h5-6H,1-4H2. The second kappa shape index (κ2) is 1.92. The third-order valence-electron chi connectivity index (χ3n) is 1.88. The second-order valence-corrected chi connectivity index (χ2v) is 3.74. The summed E-state index contributed by atoms with van der Waals surface area (Å²) in [5.41, 5.74) is 0. The minimum atomic E-state index is 0.639.